The van der Waals surface area contributed by atoms with Crippen molar-refractivity contribution in [1.29, 1.82) is 0 Å². The van der Waals surface area contributed by atoms with E-state index in [2.05, 4.69) is 0 Å². The van der Waals surface area contributed by atoms with Crippen LogP contribution in [0.1, 0.15) is 37.6 Å². The molecule has 18 heavy (non-hydrogen) atoms. The van der Waals surface area contributed by atoms with Gasteiger partial charge in [0.2, 0.25) is 0 Å². The molecule has 0 saturated carbocycles. The summed E-state index contributed by atoms with van der Waals surface area (Å²) >= 11 is 0. The number of Topliss-reactive ketones (excluding diaryl/α,β-unsaturated/α-hetero) is 1. The zero-order valence-corrected chi connectivity index (χ0v) is 11.6. The van der Waals surface area contributed by atoms with Crippen LogP contribution in [0.25, 0.3) is 0 Å². The highest BCUT2D eigenvalue weighted by Crippen LogP contribution is 2.18. The van der Waals surface area contributed by atoms with E-state index in [1.165, 1.54) is 0 Å². The SMILES string of the molecule is COCCC(C)C(=O)c1cccc(OC(C)C)c1. The number of carbonyl (C=O) groups excluding carboxylic acids is 1. The predicted molar refractivity (Wildman–Crippen MR) is 72.2 cm³/mol. The van der Waals surface area contributed by atoms with Crippen molar-refractivity contribution in [2.75, 3.05) is 13.7 Å². The van der Waals surface area contributed by atoms with Gasteiger partial charge in [0.25, 0.3) is 0 Å². The van der Waals surface area contributed by atoms with Crippen LogP contribution in [0.3, 0.4) is 0 Å². The molecule has 100 valence electrons. The summed E-state index contributed by atoms with van der Waals surface area (Å²) in [6.07, 6.45) is 0.853. The van der Waals surface area contributed by atoms with Gasteiger partial charge in [-0.05, 0) is 32.4 Å². The highest BCUT2D eigenvalue weighted by Gasteiger charge is 2.15. The molecule has 0 saturated heterocycles. The summed E-state index contributed by atoms with van der Waals surface area (Å²) in [5, 5.41) is 0. The summed E-state index contributed by atoms with van der Waals surface area (Å²) in [4.78, 5) is 12.2. The molecular weight excluding hydrogens is 228 g/mol. The van der Waals surface area contributed by atoms with E-state index in [0.29, 0.717) is 12.2 Å². The maximum absolute atomic E-state index is 12.2. The second-order valence-electron chi connectivity index (χ2n) is 4.74. The third kappa shape index (κ3) is 4.49. The van der Waals surface area contributed by atoms with Gasteiger partial charge >= 0.3 is 0 Å². The molecule has 0 aliphatic carbocycles. The second-order valence-corrected chi connectivity index (χ2v) is 4.74. The molecule has 0 aliphatic rings. The maximum atomic E-state index is 12.2. The molecule has 1 aromatic rings. The van der Waals surface area contributed by atoms with Crippen LogP contribution in [-0.2, 0) is 4.74 Å². The van der Waals surface area contributed by atoms with Crippen LogP contribution in [0.2, 0.25) is 0 Å². The van der Waals surface area contributed by atoms with Gasteiger partial charge in [-0.3, -0.25) is 4.79 Å². The number of hydrogen-bond donors (Lipinski definition) is 0. The first kappa shape index (κ1) is 14.7. The van der Waals surface area contributed by atoms with E-state index in [9.17, 15) is 4.79 Å². The normalized spacial score (nSPS) is 12.5. The average Bonchev–Trinajstić information content (AvgIpc) is 2.34. The molecule has 1 unspecified atom stereocenters. The molecule has 1 rings (SSSR count). The summed E-state index contributed by atoms with van der Waals surface area (Å²) in [6.45, 7) is 6.47. The molecule has 0 bridgehead atoms. The van der Waals surface area contributed by atoms with Crippen molar-refractivity contribution in [1.82, 2.24) is 0 Å². The fourth-order valence-electron chi connectivity index (χ4n) is 1.71. The van der Waals surface area contributed by atoms with E-state index in [1.54, 1.807) is 7.11 Å². The number of carbonyl (C=O) groups is 1. The first-order chi connectivity index (χ1) is 8.54. The average molecular weight is 250 g/mol. The molecule has 0 fully saturated rings. The smallest absolute Gasteiger partial charge is 0.165 e. The summed E-state index contributed by atoms with van der Waals surface area (Å²) in [5.41, 5.74) is 0.705. The minimum Gasteiger partial charge on any atom is -0.491 e. The summed E-state index contributed by atoms with van der Waals surface area (Å²) in [7, 11) is 1.65. The minimum atomic E-state index is -0.0285. The van der Waals surface area contributed by atoms with Gasteiger partial charge < -0.3 is 9.47 Å². The van der Waals surface area contributed by atoms with Crippen LogP contribution < -0.4 is 4.74 Å². The summed E-state index contributed by atoms with van der Waals surface area (Å²) in [6, 6.07) is 7.37. The number of rotatable bonds is 7. The van der Waals surface area contributed by atoms with Gasteiger partial charge in [-0.25, -0.2) is 0 Å². The molecule has 0 radical (unpaired) electrons. The monoisotopic (exact) mass is 250 g/mol. The van der Waals surface area contributed by atoms with Crippen molar-refractivity contribution >= 4 is 5.78 Å². The number of hydrogen-bond acceptors (Lipinski definition) is 3. The maximum Gasteiger partial charge on any atom is 0.165 e. The molecule has 0 aliphatic heterocycles. The molecular formula is C15H22O3. The van der Waals surface area contributed by atoms with E-state index >= 15 is 0 Å². The van der Waals surface area contributed by atoms with Crippen LogP contribution in [0, 0.1) is 5.92 Å². The Morgan fingerprint density at radius 2 is 2.00 bits per heavy atom. The van der Waals surface area contributed by atoms with Gasteiger partial charge in [0.1, 0.15) is 5.75 Å². The van der Waals surface area contributed by atoms with Crippen LogP contribution in [0.5, 0.6) is 5.75 Å². The van der Waals surface area contributed by atoms with E-state index in [-0.39, 0.29) is 17.8 Å². The van der Waals surface area contributed by atoms with Gasteiger partial charge in [0.15, 0.2) is 5.78 Å². The van der Waals surface area contributed by atoms with Crippen molar-refractivity contribution in [3.05, 3.63) is 29.8 Å². The molecule has 0 N–H and O–H groups in total. The Morgan fingerprint density at radius 3 is 2.61 bits per heavy atom. The Labute approximate surface area is 109 Å². The van der Waals surface area contributed by atoms with Crippen molar-refractivity contribution in [2.24, 2.45) is 5.92 Å². The fourth-order valence-corrected chi connectivity index (χ4v) is 1.71. The lowest BCUT2D eigenvalue weighted by Crippen LogP contribution is -2.14. The number of ether oxygens (including phenoxy) is 2. The minimum absolute atomic E-state index is 0.0285. The van der Waals surface area contributed by atoms with Crippen molar-refractivity contribution in [2.45, 2.75) is 33.3 Å². The Morgan fingerprint density at radius 1 is 1.28 bits per heavy atom. The molecule has 1 atom stereocenters. The molecule has 0 aromatic heterocycles. The quantitative estimate of drug-likeness (QED) is 0.696. The first-order valence-electron chi connectivity index (χ1n) is 6.34. The molecule has 1 aromatic carbocycles. The Bertz CT molecular complexity index is 385. The van der Waals surface area contributed by atoms with Crippen molar-refractivity contribution < 1.29 is 14.3 Å². The van der Waals surface area contributed by atoms with Gasteiger partial charge in [0, 0.05) is 25.2 Å². The number of ketones is 1. The van der Waals surface area contributed by atoms with Crippen molar-refractivity contribution in [3.63, 3.8) is 0 Å². The predicted octanol–water partition coefficient (Wildman–Crippen LogP) is 3.33. The van der Waals surface area contributed by atoms with Gasteiger partial charge in [-0.2, -0.15) is 0 Å². The summed E-state index contributed by atoms with van der Waals surface area (Å²) in [5.74, 6) is 0.857. The first-order valence-corrected chi connectivity index (χ1v) is 6.34. The highest BCUT2D eigenvalue weighted by atomic mass is 16.5. The lowest BCUT2D eigenvalue weighted by molar-refractivity contribution is 0.0893. The molecule has 0 amide bonds. The van der Waals surface area contributed by atoms with Crippen LogP contribution in [0.4, 0.5) is 0 Å². The zero-order valence-electron chi connectivity index (χ0n) is 11.6. The fraction of sp³-hybridized carbons (Fsp3) is 0.533. The topological polar surface area (TPSA) is 35.5 Å². The Balaban J connectivity index is 2.73. The van der Waals surface area contributed by atoms with Crippen LogP contribution in [0.15, 0.2) is 24.3 Å². The van der Waals surface area contributed by atoms with E-state index < -0.39 is 0 Å². The van der Waals surface area contributed by atoms with Crippen LogP contribution in [-0.4, -0.2) is 25.6 Å². The molecule has 0 heterocycles. The number of benzene rings is 1. The summed E-state index contributed by atoms with van der Waals surface area (Å²) < 4.78 is 10.6. The third-order valence-electron chi connectivity index (χ3n) is 2.69. The third-order valence-corrected chi connectivity index (χ3v) is 2.69. The van der Waals surface area contributed by atoms with Crippen LogP contribution >= 0.6 is 0 Å². The Kier molecular flexibility index (Phi) is 5.86. The van der Waals surface area contributed by atoms with Gasteiger partial charge in [-0.15, -0.1) is 0 Å². The second kappa shape index (κ2) is 7.17. The lowest BCUT2D eigenvalue weighted by atomic mass is 9.96. The largest absolute Gasteiger partial charge is 0.491 e. The highest BCUT2D eigenvalue weighted by molar-refractivity contribution is 5.97. The van der Waals surface area contributed by atoms with Gasteiger partial charge in [0.05, 0.1) is 6.10 Å². The zero-order chi connectivity index (χ0) is 13.5. The van der Waals surface area contributed by atoms with Gasteiger partial charge in [-0.1, -0.05) is 19.1 Å². The number of methoxy groups -OCH3 is 1. The molecule has 3 nitrogen and oxygen atoms in total. The molecule has 0 spiro atoms. The Hall–Kier alpha value is -1.35. The van der Waals surface area contributed by atoms with E-state index in [1.807, 2.05) is 45.0 Å². The molecule has 3 heteroatoms. The van der Waals surface area contributed by atoms with E-state index in [4.69, 9.17) is 9.47 Å². The van der Waals surface area contributed by atoms with Crippen molar-refractivity contribution in [3.8, 4) is 5.75 Å². The van der Waals surface area contributed by atoms with E-state index in [0.717, 1.165) is 12.2 Å². The lowest BCUT2D eigenvalue weighted by Gasteiger charge is -2.13. The standard InChI is InChI=1S/C15H22O3/c1-11(2)18-14-7-5-6-13(10-14)15(16)12(3)8-9-17-4/h5-7,10-12H,8-9H2,1-4H3.